The Labute approximate surface area is 126 Å². The molecule has 1 aliphatic carbocycles. The normalized spacial score (nSPS) is 15.2. The molecule has 0 bridgehead atoms. The Morgan fingerprint density at radius 3 is 2.75 bits per heavy atom. The van der Waals surface area contributed by atoms with Gasteiger partial charge in [-0.1, -0.05) is 24.6 Å². The standard InChI is InChI=1S/C16H25ClN2O/c1-2-18-12-13-7-8-15(11-16(13)17)19(9-4-10-20)14-5-3-6-14/h7-8,11,14,18,20H,2-6,9-10,12H2,1H3. The number of nitrogens with zero attached hydrogens (tertiary/aromatic N) is 1. The molecule has 1 aromatic rings. The largest absolute Gasteiger partial charge is 0.396 e. The van der Waals surface area contributed by atoms with Crippen LogP contribution in [0.1, 0.15) is 38.2 Å². The lowest BCUT2D eigenvalue weighted by molar-refractivity contribution is 0.283. The zero-order valence-corrected chi connectivity index (χ0v) is 13.0. The van der Waals surface area contributed by atoms with E-state index in [0.29, 0.717) is 6.04 Å². The lowest BCUT2D eigenvalue weighted by Gasteiger charge is -2.39. The second-order valence-electron chi connectivity index (χ2n) is 5.41. The Hall–Kier alpha value is -0.770. The Kier molecular flexibility index (Phi) is 6.14. The van der Waals surface area contributed by atoms with Crippen molar-refractivity contribution in [3.8, 4) is 0 Å². The Morgan fingerprint density at radius 2 is 2.20 bits per heavy atom. The molecule has 0 spiro atoms. The molecular formula is C16H25ClN2O. The fourth-order valence-corrected chi connectivity index (χ4v) is 2.82. The molecule has 0 amide bonds. The molecule has 2 rings (SSSR count). The first-order valence-electron chi connectivity index (χ1n) is 7.63. The number of rotatable bonds is 8. The maximum absolute atomic E-state index is 9.07. The van der Waals surface area contributed by atoms with Crippen LogP contribution < -0.4 is 10.2 Å². The highest BCUT2D eigenvalue weighted by atomic mass is 35.5. The summed E-state index contributed by atoms with van der Waals surface area (Å²) in [6.07, 6.45) is 4.63. The summed E-state index contributed by atoms with van der Waals surface area (Å²) in [6, 6.07) is 6.97. The summed E-state index contributed by atoms with van der Waals surface area (Å²) in [5.41, 5.74) is 2.33. The van der Waals surface area contributed by atoms with Crippen molar-refractivity contribution in [1.82, 2.24) is 5.32 Å². The van der Waals surface area contributed by atoms with Crippen molar-refractivity contribution in [1.29, 1.82) is 0 Å². The van der Waals surface area contributed by atoms with Gasteiger partial charge >= 0.3 is 0 Å². The van der Waals surface area contributed by atoms with Crippen molar-refractivity contribution in [2.75, 3.05) is 24.6 Å². The molecular weight excluding hydrogens is 272 g/mol. The average molecular weight is 297 g/mol. The quantitative estimate of drug-likeness (QED) is 0.773. The van der Waals surface area contributed by atoms with Crippen molar-refractivity contribution >= 4 is 17.3 Å². The first-order valence-corrected chi connectivity index (χ1v) is 8.00. The second kappa shape index (κ2) is 7.87. The summed E-state index contributed by atoms with van der Waals surface area (Å²) in [5, 5.41) is 13.2. The van der Waals surface area contributed by atoms with E-state index in [-0.39, 0.29) is 6.61 Å². The van der Waals surface area contributed by atoms with E-state index < -0.39 is 0 Å². The van der Waals surface area contributed by atoms with Crippen LogP contribution in [-0.2, 0) is 6.54 Å². The number of halogens is 1. The lowest BCUT2D eigenvalue weighted by atomic mass is 9.91. The van der Waals surface area contributed by atoms with E-state index in [1.807, 2.05) is 0 Å². The highest BCUT2D eigenvalue weighted by Gasteiger charge is 2.25. The van der Waals surface area contributed by atoms with Crippen molar-refractivity contribution in [2.24, 2.45) is 0 Å². The third-order valence-corrected chi connectivity index (χ3v) is 4.36. The smallest absolute Gasteiger partial charge is 0.0471 e. The molecule has 0 unspecified atom stereocenters. The van der Waals surface area contributed by atoms with E-state index in [0.717, 1.165) is 36.6 Å². The van der Waals surface area contributed by atoms with E-state index in [4.69, 9.17) is 16.7 Å². The number of hydrogen-bond donors (Lipinski definition) is 2. The Balaban J connectivity index is 2.09. The van der Waals surface area contributed by atoms with Crippen LogP contribution in [-0.4, -0.2) is 30.8 Å². The summed E-state index contributed by atoms with van der Waals surface area (Å²) in [7, 11) is 0. The molecule has 3 nitrogen and oxygen atoms in total. The predicted octanol–water partition coefficient (Wildman–Crippen LogP) is 3.19. The molecule has 1 aromatic carbocycles. The van der Waals surface area contributed by atoms with Gasteiger partial charge in [-0.3, -0.25) is 0 Å². The van der Waals surface area contributed by atoms with Crippen LogP contribution in [0.2, 0.25) is 5.02 Å². The zero-order valence-electron chi connectivity index (χ0n) is 12.2. The SMILES string of the molecule is CCNCc1ccc(N(CCCO)C2CCC2)cc1Cl. The van der Waals surface area contributed by atoms with Gasteiger partial charge in [0.15, 0.2) is 0 Å². The molecule has 4 heteroatoms. The number of hydrogen-bond acceptors (Lipinski definition) is 3. The zero-order chi connectivity index (χ0) is 14.4. The molecule has 0 heterocycles. The van der Waals surface area contributed by atoms with Crippen LogP contribution in [0.5, 0.6) is 0 Å². The van der Waals surface area contributed by atoms with E-state index in [9.17, 15) is 0 Å². The third kappa shape index (κ3) is 3.87. The average Bonchev–Trinajstić information content (AvgIpc) is 2.40. The Bertz CT molecular complexity index is 421. The highest BCUT2D eigenvalue weighted by molar-refractivity contribution is 6.31. The second-order valence-corrected chi connectivity index (χ2v) is 5.82. The van der Waals surface area contributed by atoms with Gasteiger partial charge in [0.25, 0.3) is 0 Å². The maximum Gasteiger partial charge on any atom is 0.0471 e. The topological polar surface area (TPSA) is 35.5 Å². The third-order valence-electron chi connectivity index (χ3n) is 4.01. The minimum atomic E-state index is 0.245. The first kappa shape index (κ1) is 15.6. The van der Waals surface area contributed by atoms with Gasteiger partial charge in [-0.15, -0.1) is 0 Å². The highest BCUT2D eigenvalue weighted by Crippen LogP contribution is 2.32. The van der Waals surface area contributed by atoms with Crippen molar-refractivity contribution < 1.29 is 5.11 Å². The van der Waals surface area contributed by atoms with Gasteiger partial charge in [-0.25, -0.2) is 0 Å². The summed E-state index contributed by atoms with van der Waals surface area (Å²) < 4.78 is 0. The number of aliphatic hydroxyl groups excluding tert-OH is 1. The summed E-state index contributed by atoms with van der Waals surface area (Å²) >= 11 is 6.39. The van der Waals surface area contributed by atoms with Crippen LogP contribution in [0.25, 0.3) is 0 Å². The molecule has 0 saturated heterocycles. The number of anilines is 1. The fraction of sp³-hybridized carbons (Fsp3) is 0.625. The van der Waals surface area contributed by atoms with Gasteiger partial charge in [0.2, 0.25) is 0 Å². The lowest BCUT2D eigenvalue weighted by Crippen LogP contribution is -2.41. The minimum absolute atomic E-state index is 0.245. The van der Waals surface area contributed by atoms with Crippen LogP contribution in [0.15, 0.2) is 18.2 Å². The van der Waals surface area contributed by atoms with E-state index >= 15 is 0 Å². The van der Waals surface area contributed by atoms with Gasteiger partial charge in [0, 0.05) is 36.4 Å². The fourth-order valence-electron chi connectivity index (χ4n) is 2.58. The summed E-state index contributed by atoms with van der Waals surface area (Å²) in [6.45, 7) is 5.01. The van der Waals surface area contributed by atoms with E-state index in [1.54, 1.807) is 0 Å². The van der Waals surface area contributed by atoms with Crippen molar-refractivity contribution in [2.45, 2.75) is 45.2 Å². The molecule has 0 aliphatic heterocycles. The Morgan fingerprint density at radius 1 is 1.40 bits per heavy atom. The van der Waals surface area contributed by atoms with Crippen LogP contribution in [0.3, 0.4) is 0 Å². The summed E-state index contributed by atoms with van der Waals surface area (Å²) in [4.78, 5) is 2.41. The van der Waals surface area contributed by atoms with Crippen LogP contribution in [0, 0.1) is 0 Å². The molecule has 1 fully saturated rings. The first-order chi connectivity index (χ1) is 9.76. The number of benzene rings is 1. The van der Waals surface area contributed by atoms with Gasteiger partial charge in [-0.05, 0) is 49.9 Å². The van der Waals surface area contributed by atoms with Gasteiger partial charge < -0.3 is 15.3 Å². The molecule has 0 radical (unpaired) electrons. The van der Waals surface area contributed by atoms with Crippen molar-refractivity contribution in [3.05, 3.63) is 28.8 Å². The molecule has 2 N–H and O–H groups in total. The molecule has 20 heavy (non-hydrogen) atoms. The van der Waals surface area contributed by atoms with Crippen LogP contribution >= 0.6 is 11.6 Å². The molecule has 0 atom stereocenters. The van der Waals surface area contributed by atoms with Gasteiger partial charge in [0.1, 0.15) is 0 Å². The van der Waals surface area contributed by atoms with E-state index in [2.05, 4.69) is 35.3 Å². The molecule has 112 valence electrons. The monoisotopic (exact) mass is 296 g/mol. The van der Waals surface area contributed by atoms with E-state index in [1.165, 1.54) is 24.9 Å². The predicted molar refractivity (Wildman–Crippen MR) is 85.5 cm³/mol. The van der Waals surface area contributed by atoms with Crippen LogP contribution in [0.4, 0.5) is 5.69 Å². The van der Waals surface area contributed by atoms with Gasteiger partial charge in [-0.2, -0.15) is 0 Å². The molecule has 1 aliphatic rings. The molecule has 1 saturated carbocycles. The number of nitrogens with one attached hydrogen (secondary N) is 1. The number of aliphatic hydroxyl groups is 1. The molecule has 0 aromatic heterocycles. The van der Waals surface area contributed by atoms with Gasteiger partial charge in [0.05, 0.1) is 0 Å². The van der Waals surface area contributed by atoms with Crippen molar-refractivity contribution in [3.63, 3.8) is 0 Å². The summed E-state index contributed by atoms with van der Waals surface area (Å²) in [5.74, 6) is 0. The maximum atomic E-state index is 9.07. The minimum Gasteiger partial charge on any atom is -0.396 e.